The summed E-state index contributed by atoms with van der Waals surface area (Å²) in [7, 11) is 1.58. The molecule has 0 saturated carbocycles. The van der Waals surface area contributed by atoms with Crippen molar-refractivity contribution in [1.82, 2.24) is 4.90 Å². The van der Waals surface area contributed by atoms with Crippen molar-refractivity contribution < 1.29 is 23.8 Å². The van der Waals surface area contributed by atoms with Gasteiger partial charge in [-0.1, -0.05) is 18.2 Å². The molecular formula is C23H18N2O5S. The monoisotopic (exact) mass is 434 g/mol. The van der Waals surface area contributed by atoms with E-state index in [0.29, 0.717) is 28.5 Å². The van der Waals surface area contributed by atoms with E-state index in [1.54, 1.807) is 25.3 Å². The van der Waals surface area contributed by atoms with Crippen molar-refractivity contribution in [3.8, 4) is 17.2 Å². The molecule has 0 fully saturated rings. The zero-order valence-corrected chi connectivity index (χ0v) is 17.4. The lowest BCUT2D eigenvalue weighted by molar-refractivity contribution is -0.137. The maximum Gasteiger partial charge on any atom is 0.278 e. The SMILES string of the molecule is COc1cccc(NC2=C(c3cccs3)C(=O)N(Cc3ccc4c(c3)OCO4)C2=O)c1. The number of rotatable bonds is 6. The normalized spacial score (nSPS) is 15.1. The Morgan fingerprint density at radius 2 is 1.90 bits per heavy atom. The number of benzene rings is 2. The topological polar surface area (TPSA) is 77.1 Å². The molecule has 2 aromatic carbocycles. The number of nitrogens with zero attached hydrogens (tertiary/aromatic N) is 1. The Labute approximate surface area is 182 Å². The van der Waals surface area contributed by atoms with Crippen LogP contribution in [-0.2, 0) is 16.1 Å². The summed E-state index contributed by atoms with van der Waals surface area (Å²) in [6, 6.07) is 16.3. The number of amides is 2. The minimum absolute atomic E-state index is 0.131. The van der Waals surface area contributed by atoms with Crippen molar-refractivity contribution in [3.63, 3.8) is 0 Å². The van der Waals surface area contributed by atoms with Crippen LogP contribution in [0.1, 0.15) is 10.4 Å². The first-order chi connectivity index (χ1) is 15.1. The Morgan fingerprint density at radius 1 is 1.03 bits per heavy atom. The minimum atomic E-state index is -0.381. The van der Waals surface area contributed by atoms with Gasteiger partial charge in [-0.15, -0.1) is 11.3 Å². The van der Waals surface area contributed by atoms with Crippen LogP contribution in [0.15, 0.2) is 65.7 Å². The lowest BCUT2D eigenvalue weighted by Gasteiger charge is -2.16. The number of nitrogens with one attached hydrogen (secondary N) is 1. The molecule has 0 aliphatic carbocycles. The molecule has 0 bridgehead atoms. The summed E-state index contributed by atoms with van der Waals surface area (Å²) in [6.07, 6.45) is 0. The van der Waals surface area contributed by atoms with Crippen molar-refractivity contribution in [2.75, 3.05) is 19.2 Å². The number of carbonyl (C=O) groups excluding carboxylic acids is 2. The van der Waals surface area contributed by atoms with E-state index in [1.807, 2.05) is 41.8 Å². The number of fused-ring (bicyclic) bond motifs is 1. The number of ether oxygens (including phenoxy) is 3. The smallest absolute Gasteiger partial charge is 0.278 e. The number of methoxy groups -OCH3 is 1. The molecular weight excluding hydrogens is 416 g/mol. The van der Waals surface area contributed by atoms with Gasteiger partial charge in [0.25, 0.3) is 11.8 Å². The Balaban J connectivity index is 1.48. The Morgan fingerprint density at radius 3 is 2.71 bits per heavy atom. The van der Waals surface area contributed by atoms with Crippen molar-refractivity contribution in [2.24, 2.45) is 0 Å². The first kappa shape index (κ1) is 19.2. The molecule has 31 heavy (non-hydrogen) atoms. The van der Waals surface area contributed by atoms with Gasteiger partial charge in [-0.05, 0) is 41.3 Å². The van der Waals surface area contributed by atoms with Crippen LogP contribution < -0.4 is 19.5 Å². The van der Waals surface area contributed by atoms with E-state index in [0.717, 1.165) is 10.4 Å². The fourth-order valence-corrected chi connectivity index (χ4v) is 4.32. The van der Waals surface area contributed by atoms with Gasteiger partial charge in [0.15, 0.2) is 11.5 Å². The van der Waals surface area contributed by atoms with Gasteiger partial charge < -0.3 is 19.5 Å². The Hall–Kier alpha value is -3.78. The highest BCUT2D eigenvalue weighted by Gasteiger charge is 2.39. The third-order valence-electron chi connectivity index (χ3n) is 5.05. The van der Waals surface area contributed by atoms with Gasteiger partial charge in [0.1, 0.15) is 11.4 Å². The molecule has 3 heterocycles. The van der Waals surface area contributed by atoms with E-state index in [9.17, 15) is 9.59 Å². The third kappa shape index (κ3) is 3.51. The average molecular weight is 434 g/mol. The molecule has 1 N–H and O–H groups in total. The summed E-state index contributed by atoms with van der Waals surface area (Å²) in [5.41, 5.74) is 2.05. The van der Waals surface area contributed by atoms with Crippen LogP contribution in [0.5, 0.6) is 17.2 Å². The molecule has 0 atom stereocenters. The number of anilines is 1. The van der Waals surface area contributed by atoms with Gasteiger partial charge in [-0.2, -0.15) is 0 Å². The Bertz CT molecular complexity index is 1200. The van der Waals surface area contributed by atoms with E-state index in [-0.39, 0.29) is 30.8 Å². The lowest BCUT2D eigenvalue weighted by atomic mass is 10.1. The van der Waals surface area contributed by atoms with Crippen LogP contribution in [0, 0.1) is 0 Å². The summed E-state index contributed by atoms with van der Waals surface area (Å²) >= 11 is 1.41. The van der Waals surface area contributed by atoms with Gasteiger partial charge in [-0.25, -0.2) is 0 Å². The van der Waals surface area contributed by atoms with Gasteiger partial charge in [-0.3, -0.25) is 14.5 Å². The van der Waals surface area contributed by atoms with Crippen molar-refractivity contribution >= 4 is 34.4 Å². The fourth-order valence-electron chi connectivity index (χ4n) is 3.55. The standard InChI is InChI=1S/C23H18N2O5S/c1-28-16-5-2-4-15(11-16)24-21-20(19-6-3-9-31-19)22(26)25(23(21)27)12-14-7-8-17-18(10-14)30-13-29-17/h2-11,24H,12-13H2,1H3. The van der Waals surface area contributed by atoms with E-state index in [1.165, 1.54) is 16.2 Å². The van der Waals surface area contributed by atoms with Crippen LogP contribution in [0.4, 0.5) is 5.69 Å². The van der Waals surface area contributed by atoms with Gasteiger partial charge >= 0.3 is 0 Å². The summed E-state index contributed by atoms with van der Waals surface area (Å²) in [4.78, 5) is 28.6. The molecule has 1 aromatic heterocycles. The van der Waals surface area contributed by atoms with Crippen LogP contribution >= 0.6 is 11.3 Å². The van der Waals surface area contributed by atoms with Crippen molar-refractivity contribution in [2.45, 2.75) is 6.54 Å². The molecule has 3 aromatic rings. The van der Waals surface area contributed by atoms with E-state index < -0.39 is 0 Å². The van der Waals surface area contributed by atoms with E-state index in [4.69, 9.17) is 14.2 Å². The molecule has 8 heteroatoms. The maximum absolute atomic E-state index is 13.3. The van der Waals surface area contributed by atoms with Crippen LogP contribution in [0.3, 0.4) is 0 Å². The predicted molar refractivity (Wildman–Crippen MR) is 116 cm³/mol. The predicted octanol–water partition coefficient (Wildman–Crippen LogP) is 3.88. The second-order valence-electron chi connectivity index (χ2n) is 6.97. The number of hydrogen-bond donors (Lipinski definition) is 1. The zero-order chi connectivity index (χ0) is 21.4. The summed E-state index contributed by atoms with van der Waals surface area (Å²) < 4.78 is 16.0. The molecule has 0 radical (unpaired) electrons. The number of carbonyl (C=O) groups is 2. The minimum Gasteiger partial charge on any atom is -0.497 e. The first-order valence-corrected chi connectivity index (χ1v) is 10.5. The molecule has 0 unspecified atom stereocenters. The summed E-state index contributed by atoms with van der Waals surface area (Å²) in [5.74, 6) is 1.19. The average Bonchev–Trinajstić information content (AvgIpc) is 3.52. The van der Waals surface area contributed by atoms with E-state index >= 15 is 0 Å². The number of thiophene rings is 1. The maximum atomic E-state index is 13.3. The number of imide groups is 1. The van der Waals surface area contributed by atoms with Crippen LogP contribution in [-0.4, -0.2) is 30.6 Å². The van der Waals surface area contributed by atoms with Crippen molar-refractivity contribution in [1.29, 1.82) is 0 Å². The second kappa shape index (κ2) is 7.81. The molecule has 2 aliphatic heterocycles. The van der Waals surface area contributed by atoms with Crippen molar-refractivity contribution in [3.05, 3.63) is 76.1 Å². The fraction of sp³-hybridized carbons (Fsp3) is 0.130. The molecule has 7 nitrogen and oxygen atoms in total. The molecule has 2 aliphatic rings. The molecule has 156 valence electrons. The molecule has 0 spiro atoms. The molecule has 0 saturated heterocycles. The first-order valence-electron chi connectivity index (χ1n) is 9.58. The second-order valence-corrected chi connectivity index (χ2v) is 7.92. The van der Waals surface area contributed by atoms with Gasteiger partial charge in [0, 0.05) is 16.6 Å². The molecule has 2 amide bonds. The molecule has 5 rings (SSSR count). The Kier molecular flexibility index (Phi) is 4.83. The highest BCUT2D eigenvalue weighted by molar-refractivity contribution is 7.11. The van der Waals surface area contributed by atoms with Gasteiger partial charge in [0.05, 0.1) is 19.2 Å². The van der Waals surface area contributed by atoms with Crippen LogP contribution in [0.25, 0.3) is 5.57 Å². The largest absolute Gasteiger partial charge is 0.497 e. The quantitative estimate of drug-likeness (QED) is 0.594. The highest BCUT2D eigenvalue weighted by atomic mass is 32.1. The highest BCUT2D eigenvalue weighted by Crippen LogP contribution is 2.36. The summed E-state index contributed by atoms with van der Waals surface area (Å²) in [5, 5.41) is 5.02. The summed E-state index contributed by atoms with van der Waals surface area (Å²) in [6.45, 7) is 0.297. The number of hydrogen-bond acceptors (Lipinski definition) is 7. The lowest BCUT2D eigenvalue weighted by Crippen LogP contribution is -2.31. The third-order valence-corrected chi connectivity index (χ3v) is 5.94. The van der Waals surface area contributed by atoms with Crippen LogP contribution in [0.2, 0.25) is 0 Å². The van der Waals surface area contributed by atoms with Gasteiger partial charge in [0.2, 0.25) is 6.79 Å². The zero-order valence-electron chi connectivity index (χ0n) is 16.6. The van der Waals surface area contributed by atoms with E-state index in [2.05, 4.69) is 5.32 Å².